The molecule has 1 rings (SSSR count). The zero-order chi connectivity index (χ0) is 23.1. The summed E-state index contributed by atoms with van der Waals surface area (Å²) in [5.74, 6) is 0. The van der Waals surface area contributed by atoms with Gasteiger partial charge in [0.15, 0.2) is 38.9 Å². The van der Waals surface area contributed by atoms with Crippen LogP contribution in [0.1, 0.15) is 17.7 Å². The number of aryl methyl sites for hydroxylation is 2. The van der Waals surface area contributed by atoms with Crippen LogP contribution in [0, 0.1) is 6.92 Å². The Bertz CT molecular complexity index is 698. The van der Waals surface area contributed by atoms with Crippen LogP contribution in [0.4, 0.5) is 0 Å². The molecule has 1 aromatic heterocycles. The van der Waals surface area contributed by atoms with Crippen LogP contribution in [0.3, 0.4) is 0 Å². The molecule has 0 fully saturated rings. The van der Waals surface area contributed by atoms with E-state index in [9.17, 15) is 28.7 Å². The summed E-state index contributed by atoms with van der Waals surface area (Å²) in [6.07, 6.45) is 1.54. The zero-order valence-corrected chi connectivity index (χ0v) is 22.5. The van der Waals surface area contributed by atoms with Crippen LogP contribution in [0.2, 0.25) is 0 Å². The minimum absolute atomic E-state index is 0.139. The van der Waals surface area contributed by atoms with Crippen molar-refractivity contribution in [2.45, 2.75) is 25.2 Å². The van der Waals surface area contributed by atoms with Gasteiger partial charge in [-0.1, -0.05) is 0 Å². The van der Waals surface area contributed by atoms with Crippen molar-refractivity contribution in [3.63, 3.8) is 0 Å². The summed E-state index contributed by atoms with van der Waals surface area (Å²) < 4.78 is 47.8. The second-order valence-electron chi connectivity index (χ2n) is 6.11. The lowest BCUT2D eigenvalue weighted by molar-refractivity contribution is 0.347. The first-order chi connectivity index (χ1) is 13.8. The van der Waals surface area contributed by atoms with Crippen LogP contribution in [0.25, 0.3) is 0 Å². The number of pyridine rings is 1. The van der Waals surface area contributed by atoms with Gasteiger partial charge in [0.1, 0.15) is 0 Å². The molecule has 0 radical (unpaired) electrons. The van der Waals surface area contributed by atoms with Crippen LogP contribution < -0.4 is 0 Å². The molecule has 0 aliphatic heterocycles. The predicted molar refractivity (Wildman–Crippen MR) is 121 cm³/mol. The zero-order valence-electron chi connectivity index (χ0n) is 17.1. The first kappa shape index (κ1) is 29.0. The molecule has 11 nitrogen and oxygen atoms in total. The highest BCUT2D eigenvalue weighted by molar-refractivity contribution is 7.82. The van der Waals surface area contributed by atoms with Crippen molar-refractivity contribution in [3.8, 4) is 0 Å². The van der Waals surface area contributed by atoms with E-state index in [-0.39, 0.29) is 12.8 Å². The summed E-state index contributed by atoms with van der Waals surface area (Å²) in [5, 5.41) is -1.64. The molecule has 1 aromatic rings. The topological polar surface area (TPSA) is 165 Å². The average molecular weight is 543 g/mol. The van der Waals surface area contributed by atoms with E-state index in [1.54, 1.807) is 18.3 Å². The lowest BCUT2D eigenvalue weighted by Gasteiger charge is -2.33. The highest BCUT2D eigenvalue weighted by Gasteiger charge is 2.54. The maximum Gasteiger partial charge on any atom is 0.356 e. The minimum Gasteiger partial charge on any atom is -0.350 e. The van der Waals surface area contributed by atoms with Crippen molar-refractivity contribution in [2.75, 3.05) is 26.7 Å². The van der Waals surface area contributed by atoms with Gasteiger partial charge in [-0.25, -0.2) is 0 Å². The van der Waals surface area contributed by atoms with Gasteiger partial charge in [-0.05, 0) is 37.5 Å². The normalized spacial score (nSPS) is 21.1. The predicted octanol–water partition coefficient (Wildman–Crippen LogP) is 4.84. The quantitative estimate of drug-likeness (QED) is 0.252. The van der Waals surface area contributed by atoms with E-state index in [1.807, 2.05) is 6.92 Å². The van der Waals surface area contributed by atoms with E-state index in [0.717, 1.165) is 5.56 Å². The van der Waals surface area contributed by atoms with Crippen LogP contribution in [-0.4, -0.2) is 56.6 Å². The highest BCUT2D eigenvalue weighted by Crippen LogP contribution is 2.80. The number of hydrogen-bond acceptors (Lipinski definition) is 11. The molecule has 17 heteroatoms. The smallest absolute Gasteiger partial charge is 0.350 e. The van der Waals surface area contributed by atoms with Gasteiger partial charge in [0, 0.05) is 38.6 Å². The second kappa shape index (κ2) is 13.0. The summed E-state index contributed by atoms with van der Waals surface area (Å²) in [6.45, 7) is 6.76. The van der Waals surface area contributed by atoms with Crippen molar-refractivity contribution in [1.82, 2.24) is 4.98 Å². The van der Waals surface area contributed by atoms with Gasteiger partial charge in [-0.15, -0.1) is 0 Å². The second-order valence-corrected chi connectivity index (χ2v) is 16.2. The van der Waals surface area contributed by atoms with Gasteiger partial charge in [0.2, 0.25) is 0 Å². The van der Waals surface area contributed by atoms with E-state index in [1.165, 1.54) is 26.7 Å². The van der Waals surface area contributed by atoms with Crippen LogP contribution in [0.15, 0.2) is 18.3 Å². The molecule has 0 spiro atoms. The molecule has 0 aromatic carbocycles. The lowest BCUT2D eigenvalue weighted by atomic mass is 10.2. The van der Waals surface area contributed by atoms with Crippen LogP contribution >= 0.6 is 48.7 Å². The largest absolute Gasteiger partial charge is 0.356 e. The molecule has 0 aliphatic rings. The van der Waals surface area contributed by atoms with E-state index < -0.39 is 54.1 Å². The fourth-order valence-electron chi connectivity index (χ4n) is 2.41. The van der Waals surface area contributed by atoms with Gasteiger partial charge in [-0.2, -0.15) is 0 Å². The lowest BCUT2D eigenvalue weighted by Crippen LogP contribution is -2.16. The molecule has 4 unspecified atom stereocenters. The molecule has 4 N–H and O–H groups in total. The maximum absolute atomic E-state index is 13.6. The van der Waals surface area contributed by atoms with Crippen LogP contribution in [-0.2, 0) is 32.8 Å². The highest BCUT2D eigenvalue weighted by atomic mass is 31.3. The molecular weight excluding hydrogens is 516 g/mol. The van der Waals surface area contributed by atoms with E-state index >= 15 is 0 Å². The SMILES string of the molecule is Cc1ccnc(CCC(P(=O)(OP(C)O)OP(C)O)P(=O)(OP(C)O)OP(C)O)c1. The van der Waals surface area contributed by atoms with Crippen molar-refractivity contribution >= 4 is 48.7 Å². The number of nitrogens with zero attached hydrogens (tertiary/aromatic N) is 1. The average Bonchev–Trinajstić information content (AvgIpc) is 2.51. The minimum atomic E-state index is -4.51. The molecule has 0 aliphatic carbocycles. The van der Waals surface area contributed by atoms with Gasteiger partial charge in [0.05, 0.1) is 0 Å². The third-order valence-corrected chi connectivity index (χ3v) is 14.4. The molecule has 174 valence electrons. The van der Waals surface area contributed by atoms with Crippen molar-refractivity contribution in [1.29, 1.82) is 0 Å². The molecule has 1 heterocycles. The Labute approximate surface area is 181 Å². The van der Waals surface area contributed by atoms with E-state index in [0.29, 0.717) is 5.69 Å². The monoisotopic (exact) mass is 543 g/mol. The van der Waals surface area contributed by atoms with E-state index in [2.05, 4.69) is 4.98 Å². The van der Waals surface area contributed by atoms with Crippen molar-refractivity contribution in [2.24, 2.45) is 0 Å². The summed E-state index contributed by atoms with van der Waals surface area (Å²) in [7, 11) is -18.1. The Morgan fingerprint density at radius 1 is 0.900 bits per heavy atom. The van der Waals surface area contributed by atoms with Gasteiger partial charge >= 0.3 is 15.2 Å². The van der Waals surface area contributed by atoms with Crippen molar-refractivity contribution < 1.29 is 45.9 Å². The summed E-state index contributed by atoms with van der Waals surface area (Å²) >= 11 is 0. The summed E-state index contributed by atoms with van der Waals surface area (Å²) in [6, 6.07) is 3.55. The number of rotatable bonds is 13. The van der Waals surface area contributed by atoms with Gasteiger partial charge in [-0.3, -0.25) is 31.4 Å². The Hall–Kier alpha value is 1.01. The number of hydrogen-bond donors (Lipinski definition) is 4. The molecule has 0 saturated heterocycles. The van der Waals surface area contributed by atoms with Gasteiger partial charge < -0.3 is 19.6 Å². The Morgan fingerprint density at radius 2 is 1.30 bits per heavy atom. The third-order valence-electron chi connectivity index (χ3n) is 3.29. The fourth-order valence-corrected chi connectivity index (χ4v) is 14.0. The molecule has 0 amide bonds. The third kappa shape index (κ3) is 9.87. The molecule has 0 saturated carbocycles. The first-order valence-electron chi connectivity index (χ1n) is 8.37. The van der Waals surface area contributed by atoms with Crippen molar-refractivity contribution in [3.05, 3.63) is 29.6 Å². The molecule has 0 bridgehead atoms. The Balaban J connectivity index is 3.45. The maximum atomic E-state index is 13.6. The Morgan fingerprint density at radius 3 is 1.63 bits per heavy atom. The molecular formula is C13H27NO10P6. The Kier molecular flexibility index (Phi) is 12.6. The van der Waals surface area contributed by atoms with E-state index in [4.69, 9.17) is 17.2 Å². The van der Waals surface area contributed by atoms with Crippen LogP contribution in [0.5, 0.6) is 0 Å². The fraction of sp³-hybridized carbons (Fsp3) is 0.615. The summed E-state index contributed by atoms with van der Waals surface area (Å²) in [4.78, 5) is 43.2. The van der Waals surface area contributed by atoms with Gasteiger partial charge in [0.25, 0.3) is 0 Å². The molecule has 30 heavy (non-hydrogen) atoms. The summed E-state index contributed by atoms with van der Waals surface area (Å²) in [5.41, 5.74) is 1.50. The molecule has 4 atom stereocenters. The first-order valence-corrected chi connectivity index (χ1v) is 18.2. The number of aromatic nitrogens is 1. The standard InChI is InChI=1S/C13H27NO10P6/c1-11-8-9-14-12(10-11)6-7-13(29(19,21-25(2)15)22-26(3)16)30(20,23-27(4)17)24-28(5)18/h8-10,13,15-18H,6-7H2,1-5H3.